The molecule has 0 bridgehead atoms. The van der Waals surface area contributed by atoms with Gasteiger partial charge in [-0.1, -0.05) is 18.2 Å². The highest BCUT2D eigenvalue weighted by molar-refractivity contribution is 5.86. The van der Waals surface area contributed by atoms with Crippen molar-refractivity contribution in [2.75, 3.05) is 13.7 Å². The maximum absolute atomic E-state index is 12.6. The summed E-state index contributed by atoms with van der Waals surface area (Å²) in [6.45, 7) is 2.00. The molecule has 128 valence electrons. The first-order valence-corrected chi connectivity index (χ1v) is 7.04. The van der Waals surface area contributed by atoms with Crippen molar-refractivity contribution < 1.29 is 32.2 Å². The highest BCUT2D eigenvalue weighted by Crippen LogP contribution is 2.43. The largest absolute Gasteiger partial charge is 0.573 e. The summed E-state index contributed by atoms with van der Waals surface area (Å²) >= 11 is 0. The summed E-state index contributed by atoms with van der Waals surface area (Å²) in [7, 11) is 1.38. The van der Waals surface area contributed by atoms with Crippen LogP contribution in [-0.4, -0.2) is 26.4 Å². The van der Waals surface area contributed by atoms with Gasteiger partial charge < -0.3 is 14.2 Å². The molecule has 0 N–H and O–H groups in total. The molecule has 0 saturated heterocycles. The molecule has 0 atom stereocenters. The second-order valence-electron chi connectivity index (χ2n) is 4.69. The van der Waals surface area contributed by atoms with Gasteiger partial charge in [0.15, 0.2) is 11.5 Å². The van der Waals surface area contributed by atoms with E-state index in [1.54, 1.807) is 13.0 Å². The van der Waals surface area contributed by atoms with Crippen LogP contribution in [0.1, 0.15) is 17.3 Å². The van der Waals surface area contributed by atoms with Gasteiger partial charge in [0.1, 0.15) is 12.0 Å². The summed E-state index contributed by atoms with van der Waals surface area (Å²) in [5, 5.41) is 0. The third-order valence-electron chi connectivity index (χ3n) is 3.12. The Labute approximate surface area is 136 Å². The van der Waals surface area contributed by atoms with Gasteiger partial charge in [-0.05, 0) is 25.1 Å². The lowest BCUT2D eigenvalue weighted by Crippen LogP contribution is -2.17. The molecule has 0 spiro atoms. The van der Waals surface area contributed by atoms with E-state index in [-0.39, 0.29) is 34.8 Å². The molecule has 0 unspecified atom stereocenters. The number of benzene rings is 2. The number of para-hydroxylation sites is 1. The number of halogens is 3. The minimum Gasteiger partial charge on any atom is -0.493 e. The number of aldehydes is 1. The Kier molecular flexibility index (Phi) is 5.33. The third kappa shape index (κ3) is 3.98. The molecule has 0 fully saturated rings. The van der Waals surface area contributed by atoms with Gasteiger partial charge in [0.05, 0.1) is 13.7 Å². The quantitative estimate of drug-likeness (QED) is 0.728. The highest BCUT2D eigenvalue weighted by Gasteiger charge is 2.32. The summed E-state index contributed by atoms with van der Waals surface area (Å²) in [4.78, 5) is 11.1. The second kappa shape index (κ2) is 7.25. The van der Waals surface area contributed by atoms with E-state index in [9.17, 15) is 18.0 Å². The molecule has 2 aromatic rings. The maximum atomic E-state index is 12.6. The predicted octanol–water partition coefficient (Wildman–Crippen LogP) is 4.47. The molecule has 0 aliphatic rings. The van der Waals surface area contributed by atoms with E-state index < -0.39 is 12.1 Å². The van der Waals surface area contributed by atoms with Crippen LogP contribution in [-0.2, 0) is 0 Å². The van der Waals surface area contributed by atoms with Crippen molar-refractivity contribution in [3.63, 3.8) is 0 Å². The van der Waals surface area contributed by atoms with Gasteiger partial charge >= 0.3 is 6.36 Å². The molecule has 0 aromatic heterocycles. The lowest BCUT2D eigenvalue weighted by Gasteiger charge is -2.18. The van der Waals surface area contributed by atoms with E-state index in [2.05, 4.69) is 4.74 Å². The van der Waals surface area contributed by atoms with Crippen LogP contribution in [0.4, 0.5) is 13.2 Å². The van der Waals surface area contributed by atoms with Crippen LogP contribution < -0.4 is 14.2 Å². The minimum atomic E-state index is -4.84. The van der Waals surface area contributed by atoms with Crippen molar-refractivity contribution in [1.82, 2.24) is 0 Å². The normalized spacial score (nSPS) is 11.0. The van der Waals surface area contributed by atoms with E-state index in [0.29, 0.717) is 6.29 Å². The average Bonchev–Trinajstić information content (AvgIpc) is 2.54. The fourth-order valence-electron chi connectivity index (χ4n) is 2.24. The molecule has 7 heteroatoms. The van der Waals surface area contributed by atoms with Crippen LogP contribution >= 0.6 is 0 Å². The average molecular weight is 340 g/mol. The number of carbonyl (C=O) groups is 1. The van der Waals surface area contributed by atoms with E-state index >= 15 is 0 Å². The molecule has 0 radical (unpaired) electrons. The maximum Gasteiger partial charge on any atom is 0.573 e. The van der Waals surface area contributed by atoms with Crippen LogP contribution in [0.3, 0.4) is 0 Å². The van der Waals surface area contributed by atoms with E-state index in [4.69, 9.17) is 9.47 Å². The molecule has 0 aliphatic carbocycles. The summed E-state index contributed by atoms with van der Waals surface area (Å²) < 4.78 is 52.7. The highest BCUT2D eigenvalue weighted by atomic mass is 19.4. The zero-order valence-electron chi connectivity index (χ0n) is 13.0. The lowest BCUT2D eigenvalue weighted by atomic mass is 10.0. The van der Waals surface area contributed by atoms with Gasteiger partial charge in [-0.25, -0.2) is 0 Å². The number of hydrogen-bond donors (Lipinski definition) is 0. The number of methoxy groups -OCH3 is 1. The summed E-state index contributed by atoms with van der Waals surface area (Å²) in [6.07, 6.45) is -4.26. The second-order valence-corrected chi connectivity index (χ2v) is 4.69. The number of hydrogen-bond acceptors (Lipinski definition) is 4. The minimum absolute atomic E-state index is 0.139. The Bertz CT molecular complexity index is 726. The number of carbonyl (C=O) groups excluding carboxylic acids is 1. The van der Waals surface area contributed by atoms with Crippen molar-refractivity contribution in [2.45, 2.75) is 13.3 Å². The molecular weight excluding hydrogens is 325 g/mol. The summed E-state index contributed by atoms with van der Waals surface area (Å²) in [6, 6.07) is 8.51. The fraction of sp³-hybridized carbons (Fsp3) is 0.235. The monoisotopic (exact) mass is 340 g/mol. The van der Waals surface area contributed by atoms with Crippen molar-refractivity contribution in [3.05, 3.63) is 42.0 Å². The molecule has 2 aromatic carbocycles. The van der Waals surface area contributed by atoms with Crippen molar-refractivity contribution >= 4 is 6.29 Å². The van der Waals surface area contributed by atoms with Crippen LogP contribution in [0.2, 0.25) is 0 Å². The molecule has 0 aliphatic heterocycles. The first kappa shape index (κ1) is 17.7. The molecule has 4 nitrogen and oxygen atoms in total. The molecule has 0 saturated carbocycles. The first-order chi connectivity index (χ1) is 11.4. The van der Waals surface area contributed by atoms with E-state index in [1.807, 2.05) is 0 Å². The Morgan fingerprint density at radius 2 is 1.79 bits per heavy atom. The summed E-state index contributed by atoms with van der Waals surface area (Å²) in [5.41, 5.74) is 0.658. The Balaban J connectivity index is 2.69. The zero-order chi connectivity index (χ0) is 17.7. The zero-order valence-corrected chi connectivity index (χ0v) is 13.0. The van der Waals surface area contributed by atoms with E-state index in [0.717, 1.165) is 0 Å². The van der Waals surface area contributed by atoms with Gasteiger partial charge in [0.2, 0.25) is 0 Å². The molecule has 24 heavy (non-hydrogen) atoms. The van der Waals surface area contributed by atoms with E-state index in [1.165, 1.54) is 37.4 Å². The predicted molar refractivity (Wildman–Crippen MR) is 81.7 cm³/mol. The Morgan fingerprint density at radius 1 is 1.08 bits per heavy atom. The topological polar surface area (TPSA) is 44.8 Å². The first-order valence-electron chi connectivity index (χ1n) is 7.04. The van der Waals surface area contributed by atoms with Crippen LogP contribution in [0.25, 0.3) is 11.1 Å². The van der Waals surface area contributed by atoms with Gasteiger partial charge in [-0.3, -0.25) is 4.79 Å². The lowest BCUT2D eigenvalue weighted by molar-refractivity contribution is -0.274. The molecule has 2 rings (SSSR count). The third-order valence-corrected chi connectivity index (χ3v) is 3.12. The molecular formula is C17H15F3O4. The molecule has 0 heterocycles. The van der Waals surface area contributed by atoms with Crippen molar-refractivity contribution in [1.29, 1.82) is 0 Å². The van der Waals surface area contributed by atoms with Crippen LogP contribution in [0, 0.1) is 0 Å². The van der Waals surface area contributed by atoms with Crippen LogP contribution in [0.15, 0.2) is 36.4 Å². The van der Waals surface area contributed by atoms with Crippen molar-refractivity contribution in [3.8, 4) is 28.4 Å². The Hall–Kier alpha value is -2.70. The fourth-order valence-corrected chi connectivity index (χ4v) is 2.24. The SMILES string of the molecule is CCOc1c(OC)cc(C=O)cc1-c1ccccc1OC(F)(F)F. The Morgan fingerprint density at radius 3 is 2.38 bits per heavy atom. The van der Waals surface area contributed by atoms with Gasteiger partial charge in [0.25, 0.3) is 0 Å². The smallest absolute Gasteiger partial charge is 0.493 e. The van der Waals surface area contributed by atoms with Gasteiger partial charge in [-0.15, -0.1) is 13.2 Å². The standard InChI is InChI=1S/C17H15F3O4/c1-3-23-16-13(8-11(10-21)9-15(16)22-2)12-6-4-5-7-14(12)24-17(18,19)20/h4-10H,3H2,1-2H3. The summed E-state index contributed by atoms with van der Waals surface area (Å²) in [5.74, 6) is 0.0955. The van der Waals surface area contributed by atoms with Crippen molar-refractivity contribution in [2.24, 2.45) is 0 Å². The number of rotatable bonds is 6. The molecule has 0 amide bonds. The number of ether oxygens (including phenoxy) is 3. The number of alkyl halides is 3. The van der Waals surface area contributed by atoms with Gasteiger partial charge in [-0.2, -0.15) is 0 Å². The van der Waals surface area contributed by atoms with Gasteiger partial charge in [0, 0.05) is 16.7 Å². The van der Waals surface area contributed by atoms with Crippen LogP contribution in [0.5, 0.6) is 17.2 Å².